The molecule has 0 fully saturated rings. The van der Waals surface area contributed by atoms with E-state index in [9.17, 15) is 0 Å². The molecule has 140 valence electrons. The lowest BCUT2D eigenvalue weighted by Gasteiger charge is -2.06. The average molecular weight is 386 g/mol. The van der Waals surface area contributed by atoms with Crippen molar-refractivity contribution in [3.05, 3.63) is 42.5 Å². The highest BCUT2D eigenvalue weighted by Crippen LogP contribution is 2.36. The van der Waals surface area contributed by atoms with Gasteiger partial charge in [0.15, 0.2) is 11.5 Å². The largest absolute Gasteiger partial charge is 0.494 e. The molecule has 0 spiro atoms. The van der Waals surface area contributed by atoms with E-state index in [1.807, 2.05) is 49.4 Å². The van der Waals surface area contributed by atoms with Crippen LogP contribution in [-0.4, -0.2) is 36.0 Å². The van der Waals surface area contributed by atoms with Gasteiger partial charge in [0.25, 0.3) is 5.22 Å². The number of thioether (sulfide) groups is 1. The Hall–Kier alpha value is -2.87. The summed E-state index contributed by atoms with van der Waals surface area (Å²) in [5.74, 6) is 4.17. The van der Waals surface area contributed by atoms with Crippen molar-refractivity contribution in [1.82, 2.24) is 10.2 Å². The minimum atomic E-state index is 0.234. The molecule has 0 saturated carbocycles. The second-order valence-corrected chi connectivity index (χ2v) is 6.59. The Morgan fingerprint density at radius 2 is 1.74 bits per heavy atom. The van der Waals surface area contributed by atoms with Gasteiger partial charge >= 0.3 is 0 Å². The summed E-state index contributed by atoms with van der Waals surface area (Å²) in [5.41, 5.74) is 0.796. The molecule has 0 bridgehead atoms. The van der Waals surface area contributed by atoms with Crippen molar-refractivity contribution in [2.45, 2.75) is 12.1 Å². The van der Waals surface area contributed by atoms with E-state index in [4.69, 9.17) is 23.4 Å². The molecule has 0 saturated heterocycles. The number of hydrogen-bond acceptors (Lipinski definition) is 8. The third-order valence-corrected chi connectivity index (χ3v) is 4.52. The van der Waals surface area contributed by atoms with Crippen molar-refractivity contribution in [2.24, 2.45) is 0 Å². The van der Waals surface area contributed by atoms with Gasteiger partial charge in [-0.15, -0.1) is 10.2 Å². The zero-order valence-electron chi connectivity index (χ0n) is 14.7. The SMILES string of the molecule is CCOc1ccc(OCCSc2nnc(-c3ccc4c(c3)OCO4)o2)cc1. The molecule has 0 radical (unpaired) electrons. The first-order chi connectivity index (χ1) is 13.3. The summed E-state index contributed by atoms with van der Waals surface area (Å²) in [6.07, 6.45) is 0. The molecule has 1 aliphatic rings. The van der Waals surface area contributed by atoms with Gasteiger partial charge in [0.2, 0.25) is 12.7 Å². The zero-order valence-corrected chi connectivity index (χ0v) is 15.5. The molecular formula is C19H18N2O5S. The minimum Gasteiger partial charge on any atom is -0.494 e. The molecule has 2 aromatic carbocycles. The number of fused-ring (bicyclic) bond motifs is 1. The van der Waals surface area contributed by atoms with E-state index < -0.39 is 0 Å². The van der Waals surface area contributed by atoms with E-state index in [2.05, 4.69) is 10.2 Å². The van der Waals surface area contributed by atoms with Crippen LogP contribution in [0, 0.1) is 0 Å². The van der Waals surface area contributed by atoms with E-state index in [-0.39, 0.29) is 6.79 Å². The lowest BCUT2D eigenvalue weighted by molar-refractivity contribution is 0.174. The first-order valence-corrected chi connectivity index (χ1v) is 9.52. The van der Waals surface area contributed by atoms with Crippen molar-refractivity contribution in [1.29, 1.82) is 0 Å². The van der Waals surface area contributed by atoms with Crippen LogP contribution in [0.15, 0.2) is 52.1 Å². The molecule has 7 nitrogen and oxygen atoms in total. The average Bonchev–Trinajstić information content (AvgIpc) is 3.35. The highest BCUT2D eigenvalue weighted by Gasteiger charge is 2.16. The van der Waals surface area contributed by atoms with Gasteiger partial charge in [-0.1, -0.05) is 11.8 Å². The highest BCUT2D eigenvalue weighted by atomic mass is 32.2. The van der Waals surface area contributed by atoms with E-state index >= 15 is 0 Å². The molecule has 2 heterocycles. The van der Waals surface area contributed by atoms with Gasteiger partial charge in [-0.05, 0) is 49.4 Å². The summed E-state index contributed by atoms with van der Waals surface area (Å²) >= 11 is 1.45. The Bertz CT molecular complexity index is 897. The van der Waals surface area contributed by atoms with Crippen LogP contribution in [0.2, 0.25) is 0 Å². The van der Waals surface area contributed by atoms with E-state index in [1.54, 1.807) is 0 Å². The van der Waals surface area contributed by atoms with Crippen LogP contribution < -0.4 is 18.9 Å². The fraction of sp³-hybridized carbons (Fsp3) is 0.263. The fourth-order valence-electron chi connectivity index (χ4n) is 2.50. The van der Waals surface area contributed by atoms with Gasteiger partial charge in [-0.2, -0.15) is 0 Å². The van der Waals surface area contributed by atoms with Crippen LogP contribution in [0.25, 0.3) is 11.5 Å². The topological polar surface area (TPSA) is 75.8 Å². The molecule has 0 amide bonds. The molecule has 0 N–H and O–H groups in total. The quantitative estimate of drug-likeness (QED) is 0.424. The van der Waals surface area contributed by atoms with Gasteiger partial charge < -0.3 is 23.4 Å². The van der Waals surface area contributed by atoms with Gasteiger partial charge in [0.05, 0.1) is 13.2 Å². The summed E-state index contributed by atoms with van der Waals surface area (Å²) in [6, 6.07) is 13.1. The molecule has 0 aliphatic carbocycles. The summed E-state index contributed by atoms with van der Waals surface area (Å²) in [6.45, 7) is 3.37. The fourth-order valence-corrected chi connectivity index (χ4v) is 3.08. The molecule has 0 atom stereocenters. The molecule has 1 aliphatic heterocycles. The van der Waals surface area contributed by atoms with Crippen LogP contribution in [0.4, 0.5) is 0 Å². The Morgan fingerprint density at radius 1 is 0.963 bits per heavy atom. The third kappa shape index (κ3) is 4.28. The lowest BCUT2D eigenvalue weighted by Crippen LogP contribution is -2.00. The Balaban J connectivity index is 1.27. The zero-order chi connectivity index (χ0) is 18.5. The smallest absolute Gasteiger partial charge is 0.276 e. The number of aromatic nitrogens is 2. The van der Waals surface area contributed by atoms with Crippen molar-refractivity contribution >= 4 is 11.8 Å². The molecule has 8 heteroatoms. The van der Waals surface area contributed by atoms with Crippen LogP contribution in [-0.2, 0) is 0 Å². The van der Waals surface area contributed by atoms with Crippen LogP contribution >= 0.6 is 11.8 Å². The van der Waals surface area contributed by atoms with Crippen LogP contribution in [0.1, 0.15) is 6.92 Å². The predicted molar refractivity (Wildman–Crippen MR) is 99.7 cm³/mol. The summed E-state index contributed by atoms with van der Waals surface area (Å²) < 4.78 is 27.5. The Morgan fingerprint density at radius 3 is 2.56 bits per heavy atom. The first-order valence-electron chi connectivity index (χ1n) is 8.54. The maximum absolute atomic E-state index is 5.71. The van der Waals surface area contributed by atoms with Crippen molar-refractivity contribution in [3.8, 4) is 34.5 Å². The monoisotopic (exact) mass is 386 g/mol. The van der Waals surface area contributed by atoms with E-state index in [0.717, 1.165) is 22.8 Å². The number of nitrogens with zero attached hydrogens (tertiary/aromatic N) is 2. The van der Waals surface area contributed by atoms with E-state index in [0.29, 0.717) is 35.8 Å². The normalized spacial score (nSPS) is 12.2. The molecule has 0 unspecified atom stereocenters. The third-order valence-electron chi connectivity index (χ3n) is 3.74. The molecule has 4 rings (SSSR count). The Kier molecular flexibility index (Phi) is 5.34. The molecule has 27 heavy (non-hydrogen) atoms. The maximum Gasteiger partial charge on any atom is 0.276 e. The van der Waals surface area contributed by atoms with Gasteiger partial charge in [-0.3, -0.25) is 0 Å². The van der Waals surface area contributed by atoms with Gasteiger partial charge in [0.1, 0.15) is 11.5 Å². The second kappa shape index (κ2) is 8.22. The number of rotatable bonds is 8. The Labute approximate surface area is 160 Å². The molecule has 1 aromatic heterocycles. The minimum absolute atomic E-state index is 0.234. The maximum atomic E-state index is 5.71. The summed E-state index contributed by atoms with van der Waals surface area (Å²) in [5, 5.41) is 8.65. The molecule has 3 aromatic rings. The number of ether oxygens (including phenoxy) is 4. The summed E-state index contributed by atoms with van der Waals surface area (Å²) in [4.78, 5) is 0. The molecular weight excluding hydrogens is 368 g/mol. The van der Waals surface area contributed by atoms with Crippen LogP contribution in [0.3, 0.4) is 0 Å². The number of hydrogen-bond donors (Lipinski definition) is 0. The van der Waals surface area contributed by atoms with Crippen molar-refractivity contribution in [3.63, 3.8) is 0 Å². The second-order valence-electron chi connectivity index (χ2n) is 5.54. The lowest BCUT2D eigenvalue weighted by atomic mass is 10.2. The standard InChI is InChI=1S/C19H18N2O5S/c1-2-22-14-4-6-15(7-5-14)23-9-10-27-19-21-20-18(26-19)13-3-8-16-17(11-13)25-12-24-16/h3-8,11H,2,9-10,12H2,1H3. The van der Waals surface area contributed by atoms with Gasteiger partial charge in [0, 0.05) is 11.3 Å². The van der Waals surface area contributed by atoms with Gasteiger partial charge in [-0.25, -0.2) is 0 Å². The summed E-state index contributed by atoms with van der Waals surface area (Å²) in [7, 11) is 0. The highest BCUT2D eigenvalue weighted by molar-refractivity contribution is 7.99. The van der Waals surface area contributed by atoms with Crippen molar-refractivity contribution in [2.75, 3.05) is 25.8 Å². The van der Waals surface area contributed by atoms with Crippen LogP contribution in [0.5, 0.6) is 23.0 Å². The number of benzene rings is 2. The van der Waals surface area contributed by atoms with Crippen molar-refractivity contribution < 1.29 is 23.4 Å². The van der Waals surface area contributed by atoms with E-state index in [1.165, 1.54) is 11.8 Å². The first kappa shape index (κ1) is 17.5. The predicted octanol–water partition coefficient (Wildman–Crippen LogP) is 4.04.